The van der Waals surface area contributed by atoms with Crippen molar-refractivity contribution >= 4 is 5.82 Å². The van der Waals surface area contributed by atoms with Crippen molar-refractivity contribution in [1.29, 1.82) is 0 Å². The smallest absolute Gasteiger partial charge is 0.128 e. The second kappa shape index (κ2) is 6.87. The molecular formula is C15H26N4. The van der Waals surface area contributed by atoms with Gasteiger partial charge in [0.2, 0.25) is 0 Å². The summed E-state index contributed by atoms with van der Waals surface area (Å²) in [4.78, 5) is 9.42. The van der Waals surface area contributed by atoms with Gasteiger partial charge in [-0.1, -0.05) is 6.07 Å². The number of aromatic nitrogens is 1. The van der Waals surface area contributed by atoms with E-state index in [0.717, 1.165) is 30.5 Å². The molecule has 0 spiro atoms. The minimum absolute atomic E-state index is 0.802. The van der Waals surface area contributed by atoms with Crippen LogP contribution in [0.15, 0.2) is 18.2 Å². The third-order valence-corrected chi connectivity index (χ3v) is 3.91. The highest BCUT2D eigenvalue weighted by Gasteiger charge is 2.18. The maximum absolute atomic E-state index is 4.70. The molecule has 2 heterocycles. The molecule has 0 bridgehead atoms. The van der Waals surface area contributed by atoms with Crippen LogP contribution in [0, 0.1) is 5.92 Å². The van der Waals surface area contributed by atoms with Crippen molar-refractivity contribution in [2.75, 3.05) is 45.7 Å². The van der Waals surface area contributed by atoms with Crippen LogP contribution in [0.5, 0.6) is 0 Å². The molecule has 4 heteroatoms. The van der Waals surface area contributed by atoms with Gasteiger partial charge in [-0.2, -0.15) is 0 Å². The summed E-state index contributed by atoms with van der Waals surface area (Å²) in [6.45, 7) is 4.40. The molecule has 0 amide bonds. The Morgan fingerprint density at radius 2 is 2.11 bits per heavy atom. The van der Waals surface area contributed by atoms with Gasteiger partial charge in [0.25, 0.3) is 0 Å². The molecule has 1 aromatic heterocycles. The van der Waals surface area contributed by atoms with Gasteiger partial charge >= 0.3 is 0 Å². The molecule has 1 aromatic rings. The second-order valence-electron chi connectivity index (χ2n) is 5.64. The highest BCUT2D eigenvalue weighted by molar-refractivity contribution is 5.38. The van der Waals surface area contributed by atoms with Gasteiger partial charge in [-0.05, 0) is 58.1 Å². The van der Waals surface area contributed by atoms with E-state index in [1.807, 2.05) is 7.05 Å². The largest absolute Gasteiger partial charge is 0.359 e. The predicted octanol–water partition coefficient (Wildman–Crippen LogP) is 1.58. The van der Waals surface area contributed by atoms with E-state index in [1.54, 1.807) is 0 Å². The molecule has 0 saturated carbocycles. The average Bonchev–Trinajstić information content (AvgIpc) is 2.42. The zero-order chi connectivity index (χ0) is 13.7. The lowest BCUT2D eigenvalue weighted by atomic mass is 9.97. The van der Waals surface area contributed by atoms with Crippen LogP contribution in [-0.4, -0.2) is 50.7 Å². The zero-order valence-electron chi connectivity index (χ0n) is 12.4. The minimum Gasteiger partial charge on any atom is -0.359 e. The number of anilines is 1. The highest BCUT2D eigenvalue weighted by Crippen LogP contribution is 2.19. The maximum atomic E-state index is 4.70. The Morgan fingerprint density at radius 1 is 1.37 bits per heavy atom. The van der Waals surface area contributed by atoms with E-state index in [-0.39, 0.29) is 0 Å². The molecule has 1 aliphatic heterocycles. The van der Waals surface area contributed by atoms with E-state index in [1.165, 1.54) is 25.9 Å². The quantitative estimate of drug-likeness (QED) is 0.873. The van der Waals surface area contributed by atoms with Crippen molar-refractivity contribution in [3.63, 3.8) is 0 Å². The summed E-state index contributed by atoms with van der Waals surface area (Å²) in [5, 5.41) is 3.15. The van der Waals surface area contributed by atoms with Gasteiger partial charge in [-0.15, -0.1) is 0 Å². The highest BCUT2D eigenvalue weighted by atomic mass is 15.2. The first-order valence-electron chi connectivity index (χ1n) is 7.19. The second-order valence-corrected chi connectivity index (χ2v) is 5.64. The number of hydrogen-bond acceptors (Lipinski definition) is 4. The number of rotatable bonds is 5. The first-order valence-corrected chi connectivity index (χ1v) is 7.19. The number of pyridine rings is 1. The summed E-state index contributed by atoms with van der Waals surface area (Å²) in [7, 11) is 6.32. The Labute approximate surface area is 116 Å². The van der Waals surface area contributed by atoms with Crippen LogP contribution in [-0.2, 0) is 6.54 Å². The summed E-state index contributed by atoms with van der Waals surface area (Å²) in [5.41, 5.74) is 1.11. The molecule has 4 nitrogen and oxygen atoms in total. The fraction of sp³-hybridized carbons (Fsp3) is 0.667. The van der Waals surface area contributed by atoms with Crippen molar-refractivity contribution < 1.29 is 0 Å². The SMILES string of the molecule is CNCc1cccc(N(C)CC2CCN(C)CC2)n1. The monoisotopic (exact) mass is 262 g/mol. The molecule has 0 atom stereocenters. The van der Waals surface area contributed by atoms with Gasteiger partial charge in [0, 0.05) is 20.1 Å². The number of nitrogens with zero attached hydrogens (tertiary/aromatic N) is 3. The van der Waals surface area contributed by atoms with Gasteiger partial charge in [0.05, 0.1) is 5.69 Å². The Bertz CT molecular complexity index is 385. The molecule has 1 aliphatic rings. The van der Waals surface area contributed by atoms with E-state index >= 15 is 0 Å². The lowest BCUT2D eigenvalue weighted by Gasteiger charge is -2.32. The van der Waals surface area contributed by atoms with Gasteiger partial charge in [0.1, 0.15) is 5.82 Å². The molecule has 0 aromatic carbocycles. The third-order valence-electron chi connectivity index (χ3n) is 3.91. The van der Waals surface area contributed by atoms with E-state index in [0.29, 0.717) is 0 Å². The number of piperidine rings is 1. The first-order chi connectivity index (χ1) is 9.19. The normalized spacial score (nSPS) is 17.6. The lowest BCUT2D eigenvalue weighted by Crippen LogP contribution is -2.36. The van der Waals surface area contributed by atoms with Gasteiger partial charge < -0.3 is 15.1 Å². The maximum Gasteiger partial charge on any atom is 0.128 e. The number of likely N-dealkylation sites (tertiary alicyclic amines) is 1. The molecule has 1 saturated heterocycles. The summed E-state index contributed by atoms with van der Waals surface area (Å²) in [6, 6.07) is 6.28. The fourth-order valence-electron chi connectivity index (χ4n) is 2.68. The molecule has 0 unspecified atom stereocenters. The molecule has 1 N–H and O–H groups in total. The molecule has 0 radical (unpaired) electrons. The van der Waals surface area contributed by atoms with Crippen LogP contribution in [0.25, 0.3) is 0 Å². The van der Waals surface area contributed by atoms with Crippen LogP contribution in [0.2, 0.25) is 0 Å². The van der Waals surface area contributed by atoms with Crippen molar-refractivity contribution in [1.82, 2.24) is 15.2 Å². The van der Waals surface area contributed by atoms with Crippen molar-refractivity contribution in [3.8, 4) is 0 Å². The van der Waals surface area contributed by atoms with Crippen LogP contribution in [0.3, 0.4) is 0 Å². The zero-order valence-corrected chi connectivity index (χ0v) is 12.4. The first kappa shape index (κ1) is 14.3. The van der Waals surface area contributed by atoms with Gasteiger partial charge in [0.15, 0.2) is 0 Å². The third kappa shape index (κ3) is 4.18. The average molecular weight is 262 g/mol. The van der Waals surface area contributed by atoms with Crippen molar-refractivity contribution in [2.24, 2.45) is 5.92 Å². The molecule has 106 valence electrons. The summed E-state index contributed by atoms with van der Waals surface area (Å²) < 4.78 is 0. The number of hydrogen-bond donors (Lipinski definition) is 1. The Balaban J connectivity index is 1.91. The fourth-order valence-corrected chi connectivity index (χ4v) is 2.68. The summed E-state index contributed by atoms with van der Waals surface area (Å²) in [5.74, 6) is 1.89. The van der Waals surface area contributed by atoms with Crippen LogP contribution in [0.1, 0.15) is 18.5 Å². The Kier molecular flexibility index (Phi) is 5.16. The topological polar surface area (TPSA) is 31.4 Å². The summed E-state index contributed by atoms with van der Waals surface area (Å²) in [6.07, 6.45) is 2.61. The van der Waals surface area contributed by atoms with E-state index in [4.69, 9.17) is 4.98 Å². The molecular weight excluding hydrogens is 236 g/mol. The Hall–Kier alpha value is -1.13. The summed E-state index contributed by atoms with van der Waals surface area (Å²) >= 11 is 0. The predicted molar refractivity (Wildman–Crippen MR) is 80.5 cm³/mol. The van der Waals surface area contributed by atoms with E-state index in [2.05, 4.69) is 47.4 Å². The van der Waals surface area contributed by atoms with E-state index in [9.17, 15) is 0 Å². The molecule has 19 heavy (non-hydrogen) atoms. The van der Waals surface area contributed by atoms with Gasteiger partial charge in [-0.25, -0.2) is 4.98 Å². The number of nitrogens with one attached hydrogen (secondary N) is 1. The van der Waals surface area contributed by atoms with Crippen LogP contribution >= 0.6 is 0 Å². The molecule has 1 fully saturated rings. The van der Waals surface area contributed by atoms with Crippen molar-refractivity contribution in [3.05, 3.63) is 23.9 Å². The Morgan fingerprint density at radius 3 is 2.79 bits per heavy atom. The van der Waals surface area contributed by atoms with E-state index < -0.39 is 0 Å². The van der Waals surface area contributed by atoms with Crippen LogP contribution < -0.4 is 10.2 Å². The lowest BCUT2D eigenvalue weighted by molar-refractivity contribution is 0.222. The van der Waals surface area contributed by atoms with Crippen LogP contribution in [0.4, 0.5) is 5.82 Å². The van der Waals surface area contributed by atoms with Crippen molar-refractivity contribution in [2.45, 2.75) is 19.4 Å². The molecule has 2 rings (SSSR count). The molecule has 0 aliphatic carbocycles. The standard InChI is InChI=1S/C15H26N4/c1-16-11-14-5-4-6-15(17-14)19(3)12-13-7-9-18(2)10-8-13/h4-6,13,16H,7-12H2,1-3H3. The minimum atomic E-state index is 0.802. The van der Waals surface area contributed by atoms with Gasteiger partial charge in [-0.3, -0.25) is 0 Å².